The number of nitrogens with zero attached hydrogens (tertiary/aromatic N) is 4. The van der Waals surface area contributed by atoms with Crippen molar-refractivity contribution in [2.24, 2.45) is 0 Å². The van der Waals surface area contributed by atoms with Gasteiger partial charge in [-0.05, 0) is 63.0 Å². The Kier molecular flexibility index (Phi) is 6.56. The number of hydrogen-bond acceptors (Lipinski definition) is 5. The van der Waals surface area contributed by atoms with Gasteiger partial charge in [0.25, 0.3) is 0 Å². The minimum atomic E-state index is -0.678. The number of nitriles is 1. The molecular formula is C43H26N4S. The molecule has 1 unspecified atom stereocenters. The van der Waals surface area contributed by atoms with Crippen LogP contribution in [0, 0.1) is 11.3 Å². The summed E-state index contributed by atoms with van der Waals surface area (Å²) >= 11 is 1.71. The molecule has 1 aliphatic carbocycles. The van der Waals surface area contributed by atoms with E-state index in [0.717, 1.165) is 43.5 Å². The zero-order valence-electron chi connectivity index (χ0n) is 25.7. The predicted molar refractivity (Wildman–Crippen MR) is 194 cm³/mol. The number of aromatic nitrogens is 3. The van der Waals surface area contributed by atoms with E-state index in [2.05, 4.69) is 84.2 Å². The van der Waals surface area contributed by atoms with E-state index in [4.69, 9.17) is 15.0 Å². The molecule has 2 heterocycles. The van der Waals surface area contributed by atoms with E-state index in [1.165, 1.54) is 16.7 Å². The maximum atomic E-state index is 10.0. The second-order valence-corrected chi connectivity index (χ2v) is 12.8. The number of fused-ring (bicyclic) bond motifs is 5. The maximum absolute atomic E-state index is 10.0. The second-order valence-electron chi connectivity index (χ2n) is 11.9. The van der Waals surface area contributed by atoms with Crippen LogP contribution in [0.4, 0.5) is 0 Å². The summed E-state index contributed by atoms with van der Waals surface area (Å²) in [5.41, 5.74) is 9.69. The van der Waals surface area contributed by atoms with E-state index in [1.807, 2.05) is 78.9 Å². The number of rotatable bonds is 5. The van der Waals surface area contributed by atoms with Crippen LogP contribution in [0.15, 0.2) is 157 Å². The molecule has 5 heteroatoms. The monoisotopic (exact) mass is 630 g/mol. The number of thiophene rings is 1. The van der Waals surface area contributed by atoms with Crippen LogP contribution in [-0.4, -0.2) is 15.0 Å². The van der Waals surface area contributed by atoms with Crippen LogP contribution in [0.5, 0.6) is 0 Å². The molecule has 0 N–H and O–H groups in total. The summed E-state index contributed by atoms with van der Waals surface area (Å²) in [6.45, 7) is 0. The van der Waals surface area contributed by atoms with Gasteiger partial charge in [0.15, 0.2) is 17.5 Å². The van der Waals surface area contributed by atoms with Gasteiger partial charge in [-0.1, -0.05) is 127 Å². The Morgan fingerprint density at radius 3 is 1.81 bits per heavy atom. The quantitative estimate of drug-likeness (QED) is 0.190. The summed E-state index contributed by atoms with van der Waals surface area (Å²) in [5.74, 6) is 1.88. The van der Waals surface area contributed by atoms with Crippen molar-refractivity contribution >= 4 is 21.4 Å². The van der Waals surface area contributed by atoms with Crippen molar-refractivity contribution in [3.8, 4) is 51.4 Å². The van der Waals surface area contributed by atoms with Gasteiger partial charge >= 0.3 is 0 Å². The third-order valence-electron chi connectivity index (χ3n) is 9.31. The summed E-state index contributed by atoms with van der Waals surface area (Å²) in [6, 6.07) is 54.5. The largest absolute Gasteiger partial charge is 0.208 e. The van der Waals surface area contributed by atoms with Gasteiger partial charge in [0.1, 0.15) is 0 Å². The van der Waals surface area contributed by atoms with Crippen LogP contribution >= 0.6 is 11.3 Å². The molecule has 0 fully saturated rings. The molecule has 0 spiro atoms. The third kappa shape index (κ3) is 4.24. The molecule has 224 valence electrons. The lowest BCUT2D eigenvalue weighted by molar-refractivity contribution is 0.768. The molecular weight excluding hydrogens is 605 g/mol. The first kappa shape index (κ1) is 28.0. The van der Waals surface area contributed by atoms with Gasteiger partial charge in [0.05, 0.1) is 17.0 Å². The molecule has 48 heavy (non-hydrogen) atoms. The highest BCUT2D eigenvalue weighted by atomic mass is 32.1. The highest BCUT2D eigenvalue weighted by molar-refractivity contribution is 7.17. The van der Waals surface area contributed by atoms with Crippen LogP contribution in [0.1, 0.15) is 27.8 Å². The van der Waals surface area contributed by atoms with Crippen molar-refractivity contribution in [3.63, 3.8) is 0 Å². The molecule has 8 aromatic rings. The summed E-state index contributed by atoms with van der Waals surface area (Å²) < 4.78 is 1.13. The minimum absolute atomic E-state index is 0.627. The Balaban J connectivity index is 1.41. The Morgan fingerprint density at radius 1 is 0.521 bits per heavy atom. The molecule has 0 bridgehead atoms. The second kappa shape index (κ2) is 11.2. The van der Waals surface area contributed by atoms with Crippen LogP contribution in [0.3, 0.4) is 0 Å². The van der Waals surface area contributed by atoms with Crippen LogP contribution < -0.4 is 0 Å². The SMILES string of the molecule is N#Cc1cccc(C2(c3ccccc3)c3ccccc3-c3c2cc(-c2nc(-c4ccccc4)nc(-c4ccccc4)n2)c2sccc32)c1. The van der Waals surface area contributed by atoms with Gasteiger partial charge in [0.2, 0.25) is 0 Å². The van der Waals surface area contributed by atoms with E-state index in [1.54, 1.807) is 11.3 Å². The Morgan fingerprint density at radius 2 is 1.12 bits per heavy atom. The van der Waals surface area contributed by atoms with Gasteiger partial charge in [-0.3, -0.25) is 0 Å². The highest BCUT2D eigenvalue weighted by Gasteiger charge is 2.47. The van der Waals surface area contributed by atoms with Crippen molar-refractivity contribution in [3.05, 3.63) is 185 Å². The van der Waals surface area contributed by atoms with Gasteiger partial charge in [-0.25, -0.2) is 15.0 Å². The first-order valence-electron chi connectivity index (χ1n) is 15.8. The fraction of sp³-hybridized carbons (Fsp3) is 0.0233. The molecule has 0 saturated carbocycles. The molecule has 0 radical (unpaired) electrons. The molecule has 6 aromatic carbocycles. The van der Waals surface area contributed by atoms with Crippen LogP contribution in [0.2, 0.25) is 0 Å². The first-order valence-corrected chi connectivity index (χ1v) is 16.7. The minimum Gasteiger partial charge on any atom is -0.208 e. The van der Waals surface area contributed by atoms with Crippen molar-refractivity contribution < 1.29 is 0 Å². The van der Waals surface area contributed by atoms with Gasteiger partial charge in [0, 0.05) is 26.8 Å². The molecule has 9 rings (SSSR count). The van der Waals surface area contributed by atoms with Crippen LogP contribution in [-0.2, 0) is 5.41 Å². The first-order chi connectivity index (χ1) is 23.8. The molecule has 0 aliphatic heterocycles. The lowest BCUT2D eigenvalue weighted by Crippen LogP contribution is -2.28. The fourth-order valence-corrected chi connectivity index (χ4v) is 8.21. The average molecular weight is 631 g/mol. The van der Waals surface area contributed by atoms with Gasteiger partial charge < -0.3 is 0 Å². The normalized spacial score (nSPS) is 14.7. The van der Waals surface area contributed by atoms with Crippen molar-refractivity contribution in [1.82, 2.24) is 15.0 Å². The Hall–Kier alpha value is -6.22. The Labute approximate surface area is 282 Å². The molecule has 0 amide bonds. The van der Waals surface area contributed by atoms with Gasteiger partial charge in [-0.2, -0.15) is 5.26 Å². The lowest BCUT2D eigenvalue weighted by Gasteiger charge is -2.34. The lowest BCUT2D eigenvalue weighted by atomic mass is 9.67. The summed E-state index contributed by atoms with van der Waals surface area (Å²) in [7, 11) is 0. The fourth-order valence-electron chi connectivity index (χ4n) is 7.29. The molecule has 1 aliphatic rings. The molecule has 1 atom stereocenters. The van der Waals surface area contributed by atoms with Crippen molar-refractivity contribution in [2.45, 2.75) is 5.41 Å². The predicted octanol–water partition coefficient (Wildman–Crippen LogP) is 10.3. The standard InChI is InChI=1S/C43H26N4S/c44-27-28-13-12-20-32(25-28)43(31-18-8-3-9-19-31)36-22-11-10-21-33(36)38-34-23-24-48-39(34)35(26-37(38)43)42-46-40(29-14-4-1-5-15-29)45-41(47-42)30-16-6-2-7-17-30/h1-26H. The van der Waals surface area contributed by atoms with E-state index in [9.17, 15) is 5.26 Å². The smallest absolute Gasteiger partial charge is 0.165 e. The van der Waals surface area contributed by atoms with E-state index >= 15 is 0 Å². The van der Waals surface area contributed by atoms with Crippen molar-refractivity contribution in [1.29, 1.82) is 5.26 Å². The summed E-state index contributed by atoms with van der Waals surface area (Å²) in [6.07, 6.45) is 0. The summed E-state index contributed by atoms with van der Waals surface area (Å²) in [5, 5.41) is 13.3. The summed E-state index contributed by atoms with van der Waals surface area (Å²) in [4.78, 5) is 15.3. The van der Waals surface area contributed by atoms with E-state index in [-0.39, 0.29) is 0 Å². The van der Waals surface area contributed by atoms with Crippen molar-refractivity contribution in [2.75, 3.05) is 0 Å². The highest BCUT2D eigenvalue weighted by Crippen LogP contribution is 2.59. The zero-order chi connectivity index (χ0) is 32.1. The van der Waals surface area contributed by atoms with Crippen LogP contribution in [0.25, 0.3) is 55.4 Å². The maximum Gasteiger partial charge on any atom is 0.165 e. The molecule has 4 nitrogen and oxygen atoms in total. The van der Waals surface area contributed by atoms with Gasteiger partial charge in [-0.15, -0.1) is 11.3 Å². The number of hydrogen-bond donors (Lipinski definition) is 0. The molecule has 2 aromatic heterocycles. The third-order valence-corrected chi connectivity index (χ3v) is 10.3. The average Bonchev–Trinajstić information content (AvgIpc) is 3.77. The van der Waals surface area contributed by atoms with E-state index in [0.29, 0.717) is 23.0 Å². The number of benzene rings is 6. The zero-order valence-corrected chi connectivity index (χ0v) is 26.5. The molecule has 0 saturated heterocycles. The topological polar surface area (TPSA) is 62.5 Å². The van der Waals surface area contributed by atoms with E-state index < -0.39 is 5.41 Å². The Bertz CT molecular complexity index is 2460.